The summed E-state index contributed by atoms with van der Waals surface area (Å²) in [5, 5.41) is 0.652. The van der Waals surface area contributed by atoms with Gasteiger partial charge in [0.2, 0.25) is 0 Å². The van der Waals surface area contributed by atoms with Crippen molar-refractivity contribution in [2.75, 3.05) is 39.8 Å². The highest BCUT2D eigenvalue weighted by Crippen LogP contribution is 2.26. The lowest BCUT2D eigenvalue weighted by Gasteiger charge is -2.36. The highest BCUT2D eigenvalue weighted by Gasteiger charge is 2.26. The van der Waals surface area contributed by atoms with Crippen molar-refractivity contribution >= 4 is 17.5 Å². The number of hydrogen-bond donors (Lipinski definition) is 0. The van der Waals surface area contributed by atoms with Crippen LogP contribution in [0.25, 0.3) is 0 Å². The van der Waals surface area contributed by atoms with Crippen molar-refractivity contribution in [3.63, 3.8) is 0 Å². The van der Waals surface area contributed by atoms with Gasteiger partial charge in [0.05, 0.1) is 25.4 Å². The summed E-state index contributed by atoms with van der Waals surface area (Å²) >= 11 is 6.12. The molecule has 1 amide bonds. The summed E-state index contributed by atoms with van der Waals surface area (Å²) in [5.41, 5.74) is 1.71. The minimum atomic E-state index is -0.716. The number of hydrogen-bond acceptors (Lipinski definition) is 4. The zero-order valence-corrected chi connectivity index (χ0v) is 20.2. The van der Waals surface area contributed by atoms with Gasteiger partial charge in [0.1, 0.15) is 17.4 Å². The largest absolute Gasteiger partial charge is 0.497 e. The predicted molar refractivity (Wildman–Crippen MR) is 131 cm³/mol. The van der Waals surface area contributed by atoms with Crippen molar-refractivity contribution in [2.45, 2.75) is 12.7 Å². The van der Waals surface area contributed by atoms with Crippen LogP contribution in [-0.4, -0.2) is 55.5 Å². The minimum absolute atomic E-state index is 0.238. The zero-order valence-electron chi connectivity index (χ0n) is 19.4. The third-order valence-electron chi connectivity index (χ3n) is 6.05. The van der Waals surface area contributed by atoms with Crippen LogP contribution in [-0.2, 0) is 11.3 Å². The fraction of sp³-hybridized carbons (Fsp3) is 0.296. The van der Waals surface area contributed by atoms with Gasteiger partial charge in [-0.05, 0) is 53.6 Å². The third-order valence-corrected chi connectivity index (χ3v) is 6.28. The molecule has 1 fully saturated rings. The van der Waals surface area contributed by atoms with E-state index < -0.39 is 17.5 Å². The van der Waals surface area contributed by atoms with E-state index in [1.54, 1.807) is 12.0 Å². The Balaban J connectivity index is 1.42. The Labute approximate surface area is 208 Å². The molecule has 4 rings (SSSR count). The molecular weight excluding hydrogens is 474 g/mol. The van der Waals surface area contributed by atoms with Crippen LogP contribution in [0.2, 0.25) is 5.02 Å². The molecule has 0 bridgehead atoms. The Morgan fingerprint density at radius 1 is 1.00 bits per heavy atom. The first-order valence-corrected chi connectivity index (χ1v) is 11.8. The fourth-order valence-corrected chi connectivity index (χ4v) is 4.33. The number of amides is 1. The molecular formula is C27H27ClF2N2O3. The highest BCUT2D eigenvalue weighted by atomic mass is 35.5. The Hall–Kier alpha value is -3.00. The number of ether oxygens (including phenoxy) is 2. The molecule has 1 atom stereocenters. The molecule has 8 heteroatoms. The SMILES string of the molecule is COc1cccc([C@H](CN2CCN(C(=O)c3cc(F)ccc3F)CC2)OCc2cccc(Cl)c2)c1. The van der Waals surface area contributed by atoms with Crippen LogP contribution in [0.4, 0.5) is 8.78 Å². The molecule has 0 aliphatic carbocycles. The number of piperazine rings is 1. The quantitative estimate of drug-likeness (QED) is 0.418. The highest BCUT2D eigenvalue weighted by molar-refractivity contribution is 6.30. The number of nitrogens with zero attached hydrogens (tertiary/aromatic N) is 2. The van der Waals surface area contributed by atoms with Crippen molar-refractivity contribution in [3.8, 4) is 5.75 Å². The summed E-state index contributed by atoms with van der Waals surface area (Å²) in [6.45, 7) is 2.99. The van der Waals surface area contributed by atoms with Crippen LogP contribution >= 0.6 is 11.6 Å². The Bertz CT molecular complexity index is 1170. The molecule has 0 spiro atoms. The Morgan fingerprint density at radius 3 is 2.51 bits per heavy atom. The number of carbonyl (C=O) groups excluding carboxylic acids is 1. The fourth-order valence-electron chi connectivity index (χ4n) is 4.12. The summed E-state index contributed by atoms with van der Waals surface area (Å²) in [6, 6.07) is 18.2. The van der Waals surface area contributed by atoms with Crippen molar-refractivity contribution in [3.05, 3.63) is 100 Å². The Kier molecular flexibility index (Phi) is 8.33. The number of benzene rings is 3. The van der Waals surface area contributed by atoms with Gasteiger partial charge < -0.3 is 14.4 Å². The van der Waals surface area contributed by atoms with Gasteiger partial charge in [-0.25, -0.2) is 8.78 Å². The molecule has 0 aromatic heterocycles. The van der Waals surface area contributed by atoms with Crippen LogP contribution in [0.5, 0.6) is 5.75 Å². The number of methoxy groups -OCH3 is 1. The molecule has 1 saturated heterocycles. The van der Waals surface area contributed by atoms with Gasteiger partial charge in [-0.1, -0.05) is 35.9 Å². The average Bonchev–Trinajstić information content (AvgIpc) is 2.88. The first-order valence-electron chi connectivity index (χ1n) is 11.4. The van der Waals surface area contributed by atoms with Crippen LogP contribution < -0.4 is 4.74 Å². The van der Waals surface area contributed by atoms with Gasteiger partial charge in [0.25, 0.3) is 5.91 Å². The maximum atomic E-state index is 14.1. The molecule has 3 aromatic rings. The molecule has 1 aliphatic rings. The second-order valence-electron chi connectivity index (χ2n) is 8.42. The van der Waals surface area contributed by atoms with Gasteiger partial charge in [0.15, 0.2) is 0 Å². The van der Waals surface area contributed by atoms with E-state index in [-0.39, 0.29) is 11.7 Å². The van der Waals surface area contributed by atoms with Gasteiger partial charge in [-0.3, -0.25) is 9.69 Å². The lowest BCUT2D eigenvalue weighted by atomic mass is 10.1. The molecule has 1 aliphatic heterocycles. The molecule has 0 N–H and O–H groups in total. The first kappa shape index (κ1) is 25.1. The van der Waals surface area contributed by atoms with Crippen molar-refractivity contribution in [1.82, 2.24) is 9.80 Å². The van der Waals surface area contributed by atoms with Gasteiger partial charge in [-0.15, -0.1) is 0 Å². The predicted octanol–water partition coefficient (Wildman–Crippen LogP) is 5.34. The normalized spacial score (nSPS) is 15.1. The molecule has 0 saturated carbocycles. The summed E-state index contributed by atoms with van der Waals surface area (Å²) in [5.74, 6) is -1.10. The second kappa shape index (κ2) is 11.6. The van der Waals surface area contributed by atoms with Crippen molar-refractivity contribution in [2.24, 2.45) is 0 Å². The van der Waals surface area contributed by atoms with E-state index in [9.17, 15) is 13.6 Å². The van der Waals surface area contributed by atoms with Crippen LogP contribution in [0.3, 0.4) is 0 Å². The molecule has 184 valence electrons. The van der Waals surface area contributed by atoms with Gasteiger partial charge in [0, 0.05) is 37.7 Å². The molecule has 1 heterocycles. The smallest absolute Gasteiger partial charge is 0.257 e. The van der Waals surface area contributed by atoms with Gasteiger partial charge in [-0.2, -0.15) is 0 Å². The zero-order chi connectivity index (χ0) is 24.8. The molecule has 0 radical (unpaired) electrons. The lowest BCUT2D eigenvalue weighted by Crippen LogP contribution is -2.49. The number of rotatable bonds is 8. The minimum Gasteiger partial charge on any atom is -0.497 e. The summed E-state index contributed by atoms with van der Waals surface area (Å²) < 4.78 is 39.3. The molecule has 3 aromatic carbocycles. The van der Waals surface area contributed by atoms with Crippen LogP contribution in [0.15, 0.2) is 66.7 Å². The summed E-state index contributed by atoms with van der Waals surface area (Å²) in [4.78, 5) is 16.5. The van der Waals surface area contributed by atoms with E-state index in [1.807, 2.05) is 48.5 Å². The molecule has 0 unspecified atom stereocenters. The van der Waals surface area contributed by atoms with E-state index >= 15 is 0 Å². The first-order chi connectivity index (χ1) is 16.9. The third kappa shape index (κ3) is 6.57. The lowest BCUT2D eigenvalue weighted by molar-refractivity contribution is 0.00329. The van der Waals surface area contributed by atoms with Crippen LogP contribution in [0, 0.1) is 11.6 Å². The van der Waals surface area contributed by atoms with E-state index in [4.69, 9.17) is 21.1 Å². The molecule has 5 nitrogen and oxygen atoms in total. The maximum absolute atomic E-state index is 14.1. The van der Waals surface area contributed by atoms with E-state index in [2.05, 4.69) is 4.90 Å². The van der Waals surface area contributed by atoms with E-state index in [1.165, 1.54) is 0 Å². The number of halogens is 3. The summed E-state index contributed by atoms with van der Waals surface area (Å²) in [7, 11) is 1.62. The van der Waals surface area contributed by atoms with E-state index in [0.29, 0.717) is 44.4 Å². The summed E-state index contributed by atoms with van der Waals surface area (Å²) in [6.07, 6.45) is -0.244. The average molecular weight is 501 g/mol. The monoisotopic (exact) mass is 500 g/mol. The van der Waals surface area contributed by atoms with Gasteiger partial charge >= 0.3 is 0 Å². The van der Waals surface area contributed by atoms with Crippen LogP contribution in [0.1, 0.15) is 27.6 Å². The second-order valence-corrected chi connectivity index (χ2v) is 8.86. The van der Waals surface area contributed by atoms with Crippen molar-refractivity contribution in [1.29, 1.82) is 0 Å². The molecule has 35 heavy (non-hydrogen) atoms. The maximum Gasteiger partial charge on any atom is 0.257 e. The standard InChI is InChI=1S/C27H27ClF2N2O3/c1-34-23-7-3-5-20(15-23)26(35-18-19-4-2-6-21(28)14-19)17-31-10-12-32(13-11-31)27(33)24-16-22(29)8-9-25(24)30/h2-9,14-16,26H,10-13,17-18H2,1H3/t26-/m0/s1. The van der Waals surface area contributed by atoms with Crippen molar-refractivity contribution < 1.29 is 23.0 Å². The Morgan fingerprint density at radius 2 is 1.77 bits per heavy atom. The topological polar surface area (TPSA) is 42.0 Å². The van der Waals surface area contributed by atoms with E-state index in [0.717, 1.165) is 35.1 Å². The number of carbonyl (C=O) groups is 1.